The van der Waals surface area contributed by atoms with Gasteiger partial charge in [-0.3, -0.25) is 19.3 Å². The summed E-state index contributed by atoms with van der Waals surface area (Å²) in [5, 5.41) is 2.74. The summed E-state index contributed by atoms with van der Waals surface area (Å²) in [7, 11) is 0. The first-order valence-corrected chi connectivity index (χ1v) is 11.4. The predicted molar refractivity (Wildman–Crippen MR) is 127 cm³/mol. The Morgan fingerprint density at radius 2 is 1.61 bits per heavy atom. The fourth-order valence-electron chi connectivity index (χ4n) is 4.12. The molecule has 1 fully saturated rings. The van der Waals surface area contributed by atoms with Gasteiger partial charge in [-0.15, -0.1) is 0 Å². The summed E-state index contributed by atoms with van der Waals surface area (Å²) >= 11 is 3.45. The van der Waals surface area contributed by atoms with E-state index in [4.69, 9.17) is 4.74 Å². The molecule has 1 aliphatic heterocycles. The molecule has 4 rings (SSSR count). The Balaban J connectivity index is 1.36. The first-order chi connectivity index (χ1) is 15.8. The van der Waals surface area contributed by atoms with E-state index in [0.29, 0.717) is 24.2 Å². The van der Waals surface area contributed by atoms with E-state index >= 15 is 0 Å². The highest BCUT2D eigenvalue weighted by atomic mass is 79.9. The average molecular weight is 511 g/mol. The van der Waals surface area contributed by atoms with Crippen molar-refractivity contribution < 1.29 is 23.9 Å². The number of carbonyl (C=O) groups excluding carboxylic acids is 4. The van der Waals surface area contributed by atoms with Crippen molar-refractivity contribution in [1.82, 2.24) is 0 Å². The lowest BCUT2D eigenvalue weighted by Crippen LogP contribution is -2.30. The number of halogens is 1. The van der Waals surface area contributed by atoms with Gasteiger partial charge in [0.15, 0.2) is 6.61 Å². The third-order valence-corrected chi connectivity index (χ3v) is 6.84. The van der Waals surface area contributed by atoms with E-state index in [9.17, 15) is 19.2 Å². The van der Waals surface area contributed by atoms with Crippen molar-refractivity contribution in [3.8, 4) is 0 Å². The second kappa shape index (κ2) is 9.31. The first kappa shape index (κ1) is 22.9. The number of nitrogens with one attached hydrogen (secondary N) is 1. The highest BCUT2D eigenvalue weighted by molar-refractivity contribution is 9.10. The number of esters is 1. The van der Waals surface area contributed by atoms with Gasteiger partial charge in [-0.2, -0.15) is 0 Å². The van der Waals surface area contributed by atoms with Crippen LogP contribution in [0.15, 0.2) is 53.0 Å². The largest absolute Gasteiger partial charge is 0.452 e. The van der Waals surface area contributed by atoms with Gasteiger partial charge in [0.2, 0.25) is 11.8 Å². The van der Waals surface area contributed by atoms with Crippen LogP contribution in [0.5, 0.6) is 0 Å². The molecule has 170 valence electrons. The Labute approximate surface area is 199 Å². The van der Waals surface area contributed by atoms with Crippen LogP contribution in [-0.2, 0) is 19.1 Å². The predicted octanol–water partition coefficient (Wildman–Crippen LogP) is 4.32. The van der Waals surface area contributed by atoms with E-state index in [-0.39, 0.29) is 29.2 Å². The van der Waals surface area contributed by atoms with Gasteiger partial charge in [0.1, 0.15) is 0 Å². The summed E-state index contributed by atoms with van der Waals surface area (Å²) in [4.78, 5) is 51.2. The van der Waals surface area contributed by atoms with E-state index in [2.05, 4.69) is 21.2 Å². The molecule has 3 amide bonds. The molecule has 2 aromatic carbocycles. The molecule has 2 aliphatic rings. The number of amides is 3. The zero-order valence-electron chi connectivity index (χ0n) is 18.3. The van der Waals surface area contributed by atoms with Crippen molar-refractivity contribution in [3.05, 3.63) is 69.7 Å². The van der Waals surface area contributed by atoms with Gasteiger partial charge in [-0.1, -0.05) is 28.1 Å². The molecule has 1 saturated heterocycles. The van der Waals surface area contributed by atoms with Gasteiger partial charge < -0.3 is 10.1 Å². The Morgan fingerprint density at radius 1 is 1.00 bits per heavy atom. The maximum Gasteiger partial charge on any atom is 0.338 e. The van der Waals surface area contributed by atoms with Gasteiger partial charge in [0.25, 0.3) is 5.91 Å². The molecule has 2 atom stereocenters. The van der Waals surface area contributed by atoms with Gasteiger partial charge in [-0.05, 0) is 74.2 Å². The molecule has 0 unspecified atom stereocenters. The number of nitrogens with zero attached hydrogens (tertiary/aromatic N) is 1. The van der Waals surface area contributed by atoms with E-state index in [1.165, 1.54) is 17.0 Å². The molecule has 0 bridgehead atoms. The maximum atomic E-state index is 12.7. The number of aryl methyl sites for hydroxylation is 2. The van der Waals surface area contributed by atoms with Crippen LogP contribution in [0.1, 0.15) is 34.3 Å². The van der Waals surface area contributed by atoms with Crippen LogP contribution in [0.2, 0.25) is 0 Å². The normalized spacial score (nSPS) is 19.4. The Hall–Kier alpha value is -3.26. The smallest absolute Gasteiger partial charge is 0.338 e. The van der Waals surface area contributed by atoms with Crippen LogP contribution in [0.4, 0.5) is 11.4 Å². The molecule has 0 aromatic heterocycles. The topological polar surface area (TPSA) is 92.8 Å². The minimum Gasteiger partial charge on any atom is -0.452 e. The van der Waals surface area contributed by atoms with Crippen LogP contribution in [0, 0.1) is 25.7 Å². The molecular weight excluding hydrogens is 488 g/mol. The molecule has 0 radical (unpaired) electrons. The summed E-state index contributed by atoms with van der Waals surface area (Å²) in [6.07, 6.45) is 5.00. The van der Waals surface area contributed by atoms with E-state index in [1.54, 1.807) is 12.1 Å². The minimum atomic E-state index is -0.669. The van der Waals surface area contributed by atoms with Crippen LogP contribution in [0.3, 0.4) is 0 Å². The van der Waals surface area contributed by atoms with E-state index < -0.39 is 18.5 Å². The summed E-state index contributed by atoms with van der Waals surface area (Å²) in [5.41, 5.74) is 3.15. The van der Waals surface area contributed by atoms with Crippen LogP contribution >= 0.6 is 15.9 Å². The summed E-state index contributed by atoms with van der Waals surface area (Å²) in [6, 6.07) is 9.80. The molecule has 2 aromatic rings. The van der Waals surface area contributed by atoms with Gasteiger partial charge in [-0.25, -0.2) is 4.79 Å². The number of benzene rings is 2. The van der Waals surface area contributed by atoms with Gasteiger partial charge >= 0.3 is 5.97 Å². The fourth-order valence-corrected chi connectivity index (χ4v) is 4.58. The Kier molecular flexibility index (Phi) is 6.47. The van der Waals surface area contributed by atoms with Crippen molar-refractivity contribution >= 4 is 51.0 Å². The Morgan fingerprint density at radius 3 is 2.21 bits per heavy atom. The molecular formula is C25H23BrN2O5. The van der Waals surface area contributed by atoms with Crippen molar-refractivity contribution in [1.29, 1.82) is 0 Å². The van der Waals surface area contributed by atoms with Crippen LogP contribution < -0.4 is 10.2 Å². The molecule has 7 nitrogen and oxygen atoms in total. The quantitative estimate of drug-likeness (QED) is 0.367. The number of rotatable bonds is 5. The monoisotopic (exact) mass is 510 g/mol. The molecule has 1 aliphatic carbocycles. The number of ether oxygens (including phenoxy) is 1. The number of fused-ring (bicyclic) bond motifs is 1. The van der Waals surface area contributed by atoms with Crippen molar-refractivity contribution in [2.45, 2.75) is 26.7 Å². The number of imide groups is 1. The minimum absolute atomic E-state index is 0.209. The molecule has 1 heterocycles. The number of hydrogen-bond donors (Lipinski definition) is 1. The third-order valence-electron chi connectivity index (χ3n) is 5.98. The summed E-state index contributed by atoms with van der Waals surface area (Å²) in [6.45, 7) is 3.35. The third kappa shape index (κ3) is 4.61. The fraction of sp³-hybridized carbons (Fsp3) is 0.280. The second-order valence-corrected chi connectivity index (χ2v) is 9.11. The highest BCUT2D eigenvalue weighted by Crippen LogP contribution is 2.37. The van der Waals surface area contributed by atoms with E-state index in [0.717, 1.165) is 15.6 Å². The SMILES string of the molecule is Cc1cc(NC(=O)COC(=O)c2ccc(N3C(=O)[C@@H]4CC=CC[C@H]4C3=O)cc2)c(C)cc1Br. The second-order valence-electron chi connectivity index (χ2n) is 8.26. The molecule has 8 heteroatoms. The lowest BCUT2D eigenvalue weighted by Gasteiger charge is -2.15. The van der Waals surface area contributed by atoms with Crippen molar-refractivity contribution in [2.75, 3.05) is 16.8 Å². The first-order valence-electron chi connectivity index (χ1n) is 10.6. The van der Waals surface area contributed by atoms with E-state index in [1.807, 2.05) is 38.1 Å². The molecule has 33 heavy (non-hydrogen) atoms. The lowest BCUT2D eigenvalue weighted by atomic mass is 9.85. The van der Waals surface area contributed by atoms with Crippen LogP contribution in [-0.4, -0.2) is 30.3 Å². The number of hydrogen-bond acceptors (Lipinski definition) is 5. The number of anilines is 2. The molecule has 0 saturated carbocycles. The van der Waals surface area contributed by atoms with Crippen LogP contribution in [0.25, 0.3) is 0 Å². The lowest BCUT2D eigenvalue weighted by molar-refractivity contribution is -0.122. The van der Waals surface area contributed by atoms with Crippen molar-refractivity contribution in [3.63, 3.8) is 0 Å². The zero-order chi connectivity index (χ0) is 23.7. The summed E-state index contributed by atoms with van der Waals surface area (Å²) in [5.74, 6) is -2.17. The zero-order valence-corrected chi connectivity index (χ0v) is 19.8. The average Bonchev–Trinajstić information content (AvgIpc) is 3.06. The molecule has 1 N–H and O–H groups in total. The molecule has 0 spiro atoms. The highest BCUT2D eigenvalue weighted by Gasteiger charge is 2.47. The van der Waals surface area contributed by atoms with Gasteiger partial charge in [0, 0.05) is 10.2 Å². The Bertz CT molecular complexity index is 1150. The number of carbonyl (C=O) groups is 4. The summed E-state index contributed by atoms with van der Waals surface area (Å²) < 4.78 is 6.07. The standard InChI is InChI=1S/C25H23BrN2O5/c1-14-12-21(15(2)11-20(14)26)27-22(29)13-33-25(32)16-7-9-17(10-8-16)28-23(30)18-5-3-4-6-19(18)24(28)31/h3-4,7-12,18-19H,5-6,13H2,1-2H3,(H,27,29)/t18-,19-/m1/s1. The van der Waals surface area contributed by atoms with Crippen molar-refractivity contribution in [2.24, 2.45) is 11.8 Å². The van der Waals surface area contributed by atoms with Gasteiger partial charge in [0.05, 0.1) is 23.1 Å². The maximum absolute atomic E-state index is 12.7. The number of allylic oxidation sites excluding steroid dienone is 2.